The molecule has 0 fully saturated rings. The normalized spacial score (nSPS) is 12.3. The van der Waals surface area contributed by atoms with Crippen LogP contribution >= 0.6 is 0 Å². The summed E-state index contributed by atoms with van der Waals surface area (Å²) in [5.41, 5.74) is 0. The van der Waals surface area contributed by atoms with Crippen LogP contribution in [0.3, 0.4) is 0 Å². The maximum atomic E-state index is 12.6. The van der Waals surface area contributed by atoms with E-state index in [0.717, 1.165) is 57.8 Å². The summed E-state index contributed by atoms with van der Waals surface area (Å²) in [5, 5.41) is 0. The van der Waals surface area contributed by atoms with Gasteiger partial charge in [0.1, 0.15) is 13.2 Å². The summed E-state index contributed by atoms with van der Waals surface area (Å²) < 4.78 is 16.6. The molecule has 0 saturated heterocycles. The Labute approximate surface area is 327 Å². The second kappa shape index (κ2) is 42.4. The molecule has 6 heteroatoms. The van der Waals surface area contributed by atoms with E-state index in [1.54, 1.807) is 6.08 Å². The summed E-state index contributed by atoms with van der Waals surface area (Å²) in [6.45, 7) is 6.41. The minimum absolute atomic E-state index is 0.0954. The van der Waals surface area contributed by atoms with Gasteiger partial charge in [0, 0.05) is 12.8 Å². The van der Waals surface area contributed by atoms with Crippen molar-refractivity contribution in [2.24, 2.45) is 0 Å². The number of hydrogen-bond acceptors (Lipinski definition) is 6. The number of allylic oxidation sites excluding steroid dienone is 5. The number of esters is 3. The standard InChI is InChI=1S/C47H84O6/c1-4-7-10-13-16-19-21-22-23-24-25-26-29-31-34-37-40-46(49)52-43-44(42-51-45(48)39-36-33-30-27-18-15-12-9-6-3)53-47(50)41-38-35-32-28-20-17-14-11-8-5-2/h9,12,18,27,33,36,44H,4-8,10-11,13-17,19-26,28-32,34-35,37-43H2,1-3H3/b12-9-,27-18-,36-33-. The maximum absolute atomic E-state index is 12.6. The molecule has 6 nitrogen and oxygen atoms in total. The summed E-state index contributed by atoms with van der Waals surface area (Å²) in [7, 11) is 0. The highest BCUT2D eigenvalue weighted by atomic mass is 16.6. The Balaban J connectivity index is 4.33. The van der Waals surface area contributed by atoms with Gasteiger partial charge in [-0.05, 0) is 32.1 Å². The molecule has 0 aliphatic heterocycles. The predicted molar refractivity (Wildman–Crippen MR) is 224 cm³/mol. The zero-order chi connectivity index (χ0) is 38.7. The Morgan fingerprint density at radius 2 is 0.736 bits per heavy atom. The molecule has 0 radical (unpaired) electrons. The largest absolute Gasteiger partial charge is 0.462 e. The molecular weight excluding hydrogens is 661 g/mol. The van der Waals surface area contributed by atoms with E-state index in [0.29, 0.717) is 12.8 Å². The molecule has 0 aromatic heterocycles. The molecule has 1 atom stereocenters. The average Bonchev–Trinajstić information content (AvgIpc) is 3.15. The lowest BCUT2D eigenvalue weighted by Crippen LogP contribution is -2.30. The van der Waals surface area contributed by atoms with Crippen molar-refractivity contribution in [3.63, 3.8) is 0 Å². The van der Waals surface area contributed by atoms with Crippen LogP contribution < -0.4 is 0 Å². The number of hydrogen-bond donors (Lipinski definition) is 0. The third-order valence-corrected chi connectivity index (χ3v) is 9.69. The molecule has 0 aliphatic rings. The van der Waals surface area contributed by atoms with Gasteiger partial charge in [-0.2, -0.15) is 0 Å². The van der Waals surface area contributed by atoms with Gasteiger partial charge in [-0.1, -0.05) is 211 Å². The van der Waals surface area contributed by atoms with Gasteiger partial charge < -0.3 is 14.2 Å². The highest BCUT2D eigenvalue weighted by molar-refractivity contribution is 5.72. The van der Waals surface area contributed by atoms with Gasteiger partial charge in [0.25, 0.3) is 0 Å². The molecule has 0 aliphatic carbocycles. The smallest absolute Gasteiger partial charge is 0.309 e. The molecular formula is C47H84O6. The zero-order valence-electron chi connectivity index (χ0n) is 35.0. The second-order valence-electron chi connectivity index (χ2n) is 15.0. The molecule has 0 aromatic carbocycles. The van der Waals surface area contributed by atoms with Gasteiger partial charge in [0.05, 0.1) is 6.42 Å². The molecule has 0 bridgehead atoms. The summed E-state index contributed by atoms with van der Waals surface area (Å²) in [4.78, 5) is 37.5. The minimum Gasteiger partial charge on any atom is -0.462 e. The van der Waals surface area contributed by atoms with E-state index in [-0.39, 0.29) is 31.6 Å². The monoisotopic (exact) mass is 745 g/mol. The number of ether oxygens (including phenoxy) is 3. The van der Waals surface area contributed by atoms with Crippen molar-refractivity contribution < 1.29 is 28.6 Å². The molecule has 1 unspecified atom stereocenters. The van der Waals surface area contributed by atoms with Crippen LogP contribution in [0.2, 0.25) is 0 Å². The van der Waals surface area contributed by atoms with Gasteiger partial charge in [0.15, 0.2) is 6.10 Å². The summed E-state index contributed by atoms with van der Waals surface area (Å²) in [6, 6.07) is 0. The van der Waals surface area contributed by atoms with E-state index in [9.17, 15) is 14.4 Å². The first kappa shape index (κ1) is 50.6. The predicted octanol–water partition coefficient (Wildman–Crippen LogP) is 14.2. The Kier molecular flexibility index (Phi) is 40.5. The highest BCUT2D eigenvalue weighted by Crippen LogP contribution is 2.15. The third-order valence-electron chi connectivity index (χ3n) is 9.69. The summed E-state index contributed by atoms with van der Waals surface area (Å²) >= 11 is 0. The van der Waals surface area contributed by atoms with E-state index in [1.807, 2.05) is 6.08 Å². The number of unbranched alkanes of at least 4 members (excludes halogenated alkanes) is 24. The van der Waals surface area contributed by atoms with Crippen molar-refractivity contribution >= 4 is 17.9 Å². The topological polar surface area (TPSA) is 78.9 Å². The first-order valence-corrected chi connectivity index (χ1v) is 22.5. The number of carbonyl (C=O) groups excluding carboxylic acids is 3. The Hall–Kier alpha value is -2.37. The average molecular weight is 745 g/mol. The lowest BCUT2D eigenvalue weighted by atomic mass is 10.0. The van der Waals surface area contributed by atoms with Crippen LogP contribution in [0.4, 0.5) is 0 Å². The van der Waals surface area contributed by atoms with Gasteiger partial charge in [-0.3, -0.25) is 14.4 Å². The molecule has 0 amide bonds. The molecule has 0 rings (SSSR count). The van der Waals surface area contributed by atoms with Crippen LogP contribution in [0.25, 0.3) is 0 Å². The van der Waals surface area contributed by atoms with Crippen LogP contribution in [0.15, 0.2) is 36.5 Å². The summed E-state index contributed by atoms with van der Waals surface area (Å²) in [6.07, 6.45) is 47.4. The molecule has 0 N–H and O–H groups in total. The fourth-order valence-corrected chi connectivity index (χ4v) is 6.33. The van der Waals surface area contributed by atoms with Crippen LogP contribution in [0.1, 0.15) is 226 Å². The van der Waals surface area contributed by atoms with Gasteiger partial charge in [0.2, 0.25) is 0 Å². The van der Waals surface area contributed by atoms with Crippen LogP contribution in [0, 0.1) is 0 Å². The van der Waals surface area contributed by atoms with Crippen molar-refractivity contribution in [1.82, 2.24) is 0 Å². The lowest BCUT2D eigenvalue weighted by Gasteiger charge is -2.18. The molecule has 308 valence electrons. The van der Waals surface area contributed by atoms with Crippen molar-refractivity contribution in [2.75, 3.05) is 13.2 Å². The number of carbonyl (C=O) groups is 3. The van der Waals surface area contributed by atoms with E-state index < -0.39 is 12.1 Å². The zero-order valence-corrected chi connectivity index (χ0v) is 35.0. The van der Waals surface area contributed by atoms with E-state index in [4.69, 9.17) is 14.2 Å². The first-order valence-electron chi connectivity index (χ1n) is 22.5. The fraction of sp³-hybridized carbons (Fsp3) is 0.809. The highest BCUT2D eigenvalue weighted by Gasteiger charge is 2.19. The third kappa shape index (κ3) is 40.6. The Morgan fingerprint density at radius 1 is 0.396 bits per heavy atom. The van der Waals surface area contributed by atoms with Crippen LogP contribution in [-0.2, 0) is 28.6 Å². The van der Waals surface area contributed by atoms with Crippen molar-refractivity contribution in [2.45, 2.75) is 232 Å². The Morgan fingerprint density at radius 3 is 1.15 bits per heavy atom. The SMILES string of the molecule is CC/C=C\C/C=C\C/C=C\CC(=O)OCC(COC(=O)CCCCCCCCCCCCCCCCCC)OC(=O)CCCCCCCCCCCC. The molecule has 0 saturated carbocycles. The van der Waals surface area contributed by atoms with Crippen molar-refractivity contribution in [1.29, 1.82) is 0 Å². The molecule has 53 heavy (non-hydrogen) atoms. The minimum atomic E-state index is -0.799. The van der Waals surface area contributed by atoms with Crippen molar-refractivity contribution in [3.8, 4) is 0 Å². The van der Waals surface area contributed by atoms with Crippen molar-refractivity contribution in [3.05, 3.63) is 36.5 Å². The van der Waals surface area contributed by atoms with Gasteiger partial charge in [-0.25, -0.2) is 0 Å². The maximum Gasteiger partial charge on any atom is 0.309 e. The van der Waals surface area contributed by atoms with Crippen LogP contribution in [0.5, 0.6) is 0 Å². The van der Waals surface area contributed by atoms with Crippen LogP contribution in [-0.4, -0.2) is 37.2 Å². The van der Waals surface area contributed by atoms with Gasteiger partial charge >= 0.3 is 17.9 Å². The number of rotatable bonds is 40. The first-order chi connectivity index (χ1) is 26.0. The second-order valence-corrected chi connectivity index (χ2v) is 15.0. The molecule has 0 heterocycles. The van der Waals surface area contributed by atoms with Gasteiger partial charge in [-0.15, -0.1) is 0 Å². The Bertz CT molecular complexity index is 907. The fourth-order valence-electron chi connectivity index (χ4n) is 6.33. The molecule has 0 spiro atoms. The molecule has 0 aromatic rings. The lowest BCUT2D eigenvalue weighted by molar-refractivity contribution is -0.166. The summed E-state index contributed by atoms with van der Waals surface area (Å²) in [5.74, 6) is -1.02. The quantitative estimate of drug-likeness (QED) is 0.0269. The van der Waals surface area contributed by atoms with E-state index in [1.165, 1.54) is 128 Å². The van der Waals surface area contributed by atoms with E-state index in [2.05, 4.69) is 45.1 Å². The van der Waals surface area contributed by atoms with E-state index >= 15 is 0 Å².